The van der Waals surface area contributed by atoms with Crippen molar-refractivity contribution in [1.82, 2.24) is 19.5 Å². The van der Waals surface area contributed by atoms with Gasteiger partial charge in [-0.2, -0.15) is 0 Å². The van der Waals surface area contributed by atoms with Crippen molar-refractivity contribution in [2.24, 2.45) is 7.05 Å². The van der Waals surface area contributed by atoms with Crippen LogP contribution < -0.4 is 4.74 Å². The molecule has 4 rings (SSSR count). The molecule has 0 amide bonds. The number of imidazole rings is 1. The van der Waals surface area contributed by atoms with E-state index in [2.05, 4.69) is 21.0 Å². The Hall–Kier alpha value is -2.47. The maximum absolute atomic E-state index is 5.48. The average Bonchev–Trinajstić information content (AvgIpc) is 3.13. The Morgan fingerprint density at radius 2 is 2.10 bits per heavy atom. The van der Waals surface area contributed by atoms with Crippen molar-refractivity contribution in [2.45, 2.75) is 0 Å². The summed E-state index contributed by atoms with van der Waals surface area (Å²) in [6, 6.07) is 4.00. The standard InChI is InChI=1S/C15H12N4OS/c1-19-7-17-14-13-12(21-8-18-13)5-9(15(14)19)10-6-16-4-3-11(10)20-2/h3-8H,1-2H3. The van der Waals surface area contributed by atoms with E-state index in [-0.39, 0.29) is 0 Å². The predicted octanol–water partition coefficient (Wildman–Crippen LogP) is 3.25. The summed E-state index contributed by atoms with van der Waals surface area (Å²) in [5.74, 6) is 0.802. The van der Waals surface area contributed by atoms with Gasteiger partial charge in [0.25, 0.3) is 0 Å². The number of fused-ring (bicyclic) bond motifs is 3. The van der Waals surface area contributed by atoms with E-state index >= 15 is 0 Å². The summed E-state index contributed by atoms with van der Waals surface area (Å²) in [5, 5.41) is 0. The van der Waals surface area contributed by atoms with Crippen LogP contribution in [-0.2, 0) is 7.05 Å². The van der Waals surface area contributed by atoms with Gasteiger partial charge in [-0.3, -0.25) is 4.98 Å². The molecule has 3 aromatic heterocycles. The molecule has 0 bridgehead atoms. The van der Waals surface area contributed by atoms with Crippen molar-refractivity contribution in [2.75, 3.05) is 7.11 Å². The van der Waals surface area contributed by atoms with Crippen LogP contribution >= 0.6 is 11.3 Å². The maximum atomic E-state index is 5.48. The normalized spacial score (nSPS) is 11.3. The van der Waals surface area contributed by atoms with Gasteiger partial charge in [0.1, 0.15) is 16.8 Å². The van der Waals surface area contributed by atoms with E-state index in [1.807, 2.05) is 35.7 Å². The number of rotatable bonds is 2. The summed E-state index contributed by atoms with van der Waals surface area (Å²) in [6.07, 6.45) is 5.37. The summed E-state index contributed by atoms with van der Waals surface area (Å²) in [5.41, 5.74) is 6.78. The first-order chi connectivity index (χ1) is 10.3. The van der Waals surface area contributed by atoms with Crippen LogP contribution in [0, 0.1) is 0 Å². The topological polar surface area (TPSA) is 52.8 Å². The Morgan fingerprint density at radius 1 is 1.19 bits per heavy atom. The van der Waals surface area contributed by atoms with Crippen molar-refractivity contribution in [3.63, 3.8) is 0 Å². The second-order valence-electron chi connectivity index (χ2n) is 4.75. The summed E-state index contributed by atoms with van der Waals surface area (Å²) in [4.78, 5) is 13.2. The van der Waals surface area contributed by atoms with Gasteiger partial charge in [-0.25, -0.2) is 9.97 Å². The van der Waals surface area contributed by atoms with Crippen molar-refractivity contribution < 1.29 is 4.74 Å². The lowest BCUT2D eigenvalue weighted by atomic mass is 10.0. The first kappa shape index (κ1) is 12.3. The molecule has 4 aromatic rings. The average molecular weight is 296 g/mol. The van der Waals surface area contributed by atoms with Gasteiger partial charge in [-0.05, 0) is 12.1 Å². The molecular weight excluding hydrogens is 284 g/mol. The molecule has 0 N–H and O–H groups in total. The molecule has 1 aromatic carbocycles. The molecule has 5 nitrogen and oxygen atoms in total. The number of hydrogen-bond donors (Lipinski definition) is 0. The zero-order valence-corrected chi connectivity index (χ0v) is 12.4. The van der Waals surface area contributed by atoms with E-state index in [0.29, 0.717) is 0 Å². The van der Waals surface area contributed by atoms with Gasteiger partial charge in [-0.15, -0.1) is 11.3 Å². The van der Waals surface area contributed by atoms with Crippen LogP contribution in [0.15, 0.2) is 36.4 Å². The van der Waals surface area contributed by atoms with Crippen LogP contribution in [-0.4, -0.2) is 26.6 Å². The Labute approximate surface area is 124 Å². The minimum Gasteiger partial charge on any atom is -0.496 e. The molecule has 0 radical (unpaired) electrons. The molecular formula is C15H12N4OS. The van der Waals surface area contributed by atoms with Crippen molar-refractivity contribution in [1.29, 1.82) is 0 Å². The lowest BCUT2D eigenvalue weighted by Crippen LogP contribution is -1.93. The molecule has 21 heavy (non-hydrogen) atoms. The molecule has 6 heteroatoms. The Balaban J connectivity index is 2.17. The van der Waals surface area contributed by atoms with E-state index < -0.39 is 0 Å². The minimum atomic E-state index is 0.802. The summed E-state index contributed by atoms with van der Waals surface area (Å²) >= 11 is 1.61. The van der Waals surface area contributed by atoms with Crippen LogP contribution in [0.1, 0.15) is 0 Å². The highest BCUT2D eigenvalue weighted by Gasteiger charge is 2.17. The maximum Gasteiger partial charge on any atom is 0.129 e. The fraction of sp³-hybridized carbons (Fsp3) is 0.133. The molecule has 3 heterocycles. The van der Waals surface area contributed by atoms with Gasteiger partial charge in [-0.1, -0.05) is 0 Å². The molecule has 0 aliphatic carbocycles. The number of ether oxygens (including phenoxy) is 1. The quantitative estimate of drug-likeness (QED) is 0.570. The summed E-state index contributed by atoms with van der Waals surface area (Å²) < 4.78 is 8.60. The fourth-order valence-electron chi connectivity index (χ4n) is 2.62. The molecule has 0 aliphatic heterocycles. The number of pyridine rings is 1. The fourth-order valence-corrected chi connectivity index (χ4v) is 3.34. The lowest BCUT2D eigenvalue weighted by molar-refractivity contribution is 0.416. The van der Waals surface area contributed by atoms with Crippen LogP contribution in [0.5, 0.6) is 5.75 Å². The van der Waals surface area contributed by atoms with Crippen LogP contribution in [0.2, 0.25) is 0 Å². The number of nitrogens with zero attached hydrogens (tertiary/aromatic N) is 4. The Bertz CT molecular complexity index is 957. The highest BCUT2D eigenvalue weighted by Crippen LogP contribution is 2.38. The third-order valence-electron chi connectivity index (χ3n) is 3.58. The van der Waals surface area contributed by atoms with Gasteiger partial charge in [0.05, 0.1) is 29.2 Å². The second kappa shape index (κ2) is 4.53. The Kier molecular flexibility index (Phi) is 2.65. The summed E-state index contributed by atoms with van der Waals surface area (Å²) in [6.45, 7) is 0. The van der Waals surface area contributed by atoms with Gasteiger partial charge >= 0.3 is 0 Å². The predicted molar refractivity (Wildman–Crippen MR) is 83.7 cm³/mol. The van der Waals surface area contributed by atoms with Crippen molar-refractivity contribution >= 4 is 32.6 Å². The summed E-state index contributed by atoms with van der Waals surface area (Å²) in [7, 11) is 3.66. The zero-order chi connectivity index (χ0) is 14.4. The molecule has 0 fully saturated rings. The number of thiazole rings is 1. The number of methoxy groups -OCH3 is 1. The van der Waals surface area contributed by atoms with Crippen LogP contribution in [0.25, 0.3) is 32.4 Å². The number of hydrogen-bond acceptors (Lipinski definition) is 5. The monoisotopic (exact) mass is 296 g/mol. The number of aryl methyl sites for hydroxylation is 1. The molecule has 0 spiro atoms. The second-order valence-corrected chi connectivity index (χ2v) is 5.64. The SMILES string of the molecule is COc1ccncc1-c1cc2scnc2c2ncn(C)c12. The van der Waals surface area contributed by atoms with E-state index in [1.54, 1.807) is 24.6 Å². The first-order valence-electron chi connectivity index (χ1n) is 6.45. The molecule has 0 unspecified atom stereocenters. The minimum absolute atomic E-state index is 0.802. The molecule has 104 valence electrons. The molecule has 0 aliphatic rings. The van der Waals surface area contributed by atoms with Crippen LogP contribution in [0.3, 0.4) is 0 Å². The highest BCUT2D eigenvalue weighted by molar-refractivity contribution is 7.16. The van der Waals surface area contributed by atoms with Gasteiger partial charge in [0.15, 0.2) is 0 Å². The third-order valence-corrected chi connectivity index (χ3v) is 4.35. The molecule has 0 saturated carbocycles. The highest BCUT2D eigenvalue weighted by atomic mass is 32.1. The van der Waals surface area contributed by atoms with Crippen molar-refractivity contribution in [3.05, 3.63) is 36.4 Å². The van der Waals surface area contributed by atoms with E-state index in [4.69, 9.17) is 4.74 Å². The van der Waals surface area contributed by atoms with E-state index in [9.17, 15) is 0 Å². The van der Waals surface area contributed by atoms with Gasteiger partial charge in [0, 0.05) is 30.6 Å². The van der Waals surface area contributed by atoms with Gasteiger partial charge in [0.2, 0.25) is 0 Å². The van der Waals surface area contributed by atoms with Gasteiger partial charge < -0.3 is 9.30 Å². The largest absolute Gasteiger partial charge is 0.496 e. The van der Waals surface area contributed by atoms with Crippen molar-refractivity contribution in [3.8, 4) is 16.9 Å². The van der Waals surface area contributed by atoms with E-state index in [0.717, 1.165) is 38.1 Å². The first-order valence-corrected chi connectivity index (χ1v) is 7.33. The molecule has 0 saturated heterocycles. The Morgan fingerprint density at radius 3 is 2.95 bits per heavy atom. The zero-order valence-electron chi connectivity index (χ0n) is 11.6. The van der Waals surface area contributed by atoms with Crippen LogP contribution in [0.4, 0.5) is 0 Å². The lowest BCUT2D eigenvalue weighted by Gasteiger charge is -2.10. The molecule has 0 atom stereocenters. The smallest absolute Gasteiger partial charge is 0.129 e. The van der Waals surface area contributed by atoms with E-state index in [1.165, 1.54) is 0 Å². The number of benzene rings is 1. The third kappa shape index (κ3) is 1.72. The number of aromatic nitrogens is 4.